The molecule has 0 amide bonds. The largest absolute Gasteiger partial charge is 0.340 e. The van der Waals surface area contributed by atoms with E-state index in [1.165, 1.54) is 6.42 Å². The number of nitrogens with two attached hydrogens (primary N) is 1. The highest BCUT2D eigenvalue weighted by atomic mass is 35.5. The van der Waals surface area contributed by atoms with Crippen LogP contribution in [-0.4, -0.2) is 29.6 Å². The molecule has 4 nitrogen and oxygen atoms in total. The fraction of sp³-hybridized carbons (Fsp3) is 0.600. The number of aromatic nitrogens is 2. The summed E-state index contributed by atoms with van der Waals surface area (Å²) in [6.07, 6.45) is 4.04. The van der Waals surface area contributed by atoms with E-state index in [4.69, 9.17) is 17.3 Å². The third-order valence-corrected chi connectivity index (χ3v) is 2.95. The molecule has 0 saturated carbocycles. The average Bonchev–Trinajstić information content (AvgIpc) is 2.29. The van der Waals surface area contributed by atoms with Crippen molar-refractivity contribution in [2.24, 2.45) is 11.7 Å². The highest BCUT2D eigenvalue weighted by Gasteiger charge is 2.20. The Morgan fingerprint density at radius 1 is 1.60 bits per heavy atom. The van der Waals surface area contributed by atoms with E-state index < -0.39 is 0 Å². The molecule has 1 aromatic heterocycles. The zero-order chi connectivity index (χ0) is 10.7. The number of hydrogen-bond donors (Lipinski definition) is 1. The first-order valence-corrected chi connectivity index (χ1v) is 5.61. The second-order valence-corrected chi connectivity index (χ2v) is 4.26. The van der Waals surface area contributed by atoms with Crippen molar-refractivity contribution in [3.05, 3.63) is 17.4 Å². The molecular formula is C10H15ClN4. The molecular weight excluding hydrogens is 212 g/mol. The minimum absolute atomic E-state index is 0.495. The molecule has 82 valence electrons. The van der Waals surface area contributed by atoms with Gasteiger partial charge in [0.15, 0.2) is 0 Å². The minimum atomic E-state index is 0.495. The molecule has 1 fully saturated rings. The molecule has 2 heterocycles. The van der Waals surface area contributed by atoms with Crippen LogP contribution in [0.25, 0.3) is 0 Å². The van der Waals surface area contributed by atoms with Gasteiger partial charge in [-0.2, -0.15) is 0 Å². The lowest BCUT2D eigenvalue weighted by atomic mass is 9.99. The van der Waals surface area contributed by atoms with Gasteiger partial charge >= 0.3 is 0 Å². The van der Waals surface area contributed by atoms with Gasteiger partial charge in [-0.3, -0.25) is 0 Å². The Balaban J connectivity index is 2.09. The Morgan fingerprint density at radius 3 is 3.20 bits per heavy atom. The maximum atomic E-state index is 5.83. The number of hydrogen-bond acceptors (Lipinski definition) is 4. The maximum absolute atomic E-state index is 5.83. The number of piperidine rings is 1. The molecule has 1 aliphatic heterocycles. The third-order valence-electron chi connectivity index (χ3n) is 2.74. The van der Waals surface area contributed by atoms with Crippen molar-refractivity contribution >= 4 is 17.5 Å². The number of rotatable bonds is 2. The van der Waals surface area contributed by atoms with Crippen molar-refractivity contribution in [3.63, 3.8) is 0 Å². The average molecular weight is 227 g/mol. The maximum Gasteiger partial charge on any atom is 0.226 e. The Hall–Kier alpha value is -0.870. The molecule has 1 aliphatic rings. The summed E-state index contributed by atoms with van der Waals surface area (Å²) >= 11 is 5.83. The summed E-state index contributed by atoms with van der Waals surface area (Å²) in [5, 5.41) is 0.495. The van der Waals surface area contributed by atoms with Crippen molar-refractivity contribution in [1.82, 2.24) is 9.97 Å². The van der Waals surface area contributed by atoms with E-state index >= 15 is 0 Å². The van der Waals surface area contributed by atoms with Crippen molar-refractivity contribution < 1.29 is 0 Å². The van der Waals surface area contributed by atoms with Gasteiger partial charge in [0, 0.05) is 19.3 Å². The van der Waals surface area contributed by atoms with Gasteiger partial charge < -0.3 is 10.6 Å². The highest BCUT2D eigenvalue weighted by molar-refractivity contribution is 6.29. The standard InChI is InChI=1S/C10H15ClN4/c11-9-3-4-13-10(14-9)15-5-1-2-8(6-12)7-15/h3-4,8H,1-2,5-7,12H2/t8-/m0/s1. The summed E-state index contributed by atoms with van der Waals surface area (Å²) in [7, 11) is 0. The van der Waals surface area contributed by atoms with Crippen LogP contribution in [0.3, 0.4) is 0 Å². The Kier molecular flexibility index (Phi) is 3.38. The monoisotopic (exact) mass is 226 g/mol. The lowest BCUT2D eigenvalue weighted by Gasteiger charge is -2.32. The number of anilines is 1. The summed E-state index contributed by atoms with van der Waals surface area (Å²) < 4.78 is 0. The van der Waals surface area contributed by atoms with Crippen LogP contribution >= 0.6 is 11.6 Å². The van der Waals surface area contributed by atoms with Gasteiger partial charge in [-0.15, -0.1) is 0 Å². The first-order valence-electron chi connectivity index (χ1n) is 5.23. The van der Waals surface area contributed by atoms with Crippen LogP contribution in [0.2, 0.25) is 5.15 Å². The summed E-state index contributed by atoms with van der Waals surface area (Å²) in [5.41, 5.74) is 5.68. The van der Waals surface area contributed by atoms with E-state index in [-0.39, 0.29) is 0 Å². The van der Waals surface area contributed by atoms with Crippen LogP contribution in [0.5, 0.6) is 0 Å². The molecule has 0 bridgehead atoms. The van der Waals surface area contributed by atoms with Crippen LogP contribution in [0.4, 0.5) is 5.95 Å². The molecule has 5 heteroatoms. The van der Waals surface area contributed by atoms with Crippen LogP contribution in [0.1, 0.15) is 12.8 Å². The summed E-state index contributed by atoms with van der Waals surface area (Å²) in [6, 6.07) is 1.69. The molecule has 1 aromatic rings. The predicted molar refractivity (Wildman–Crippen MR) is 61.0 cm³/mol. The van der Waals surface area contributed by atoms with Gasteiger partial charge in [0.2, 0.25) is 5.95 Å². The third kappa shape index (κ3) is 2.58. The Morgan fingerprint density at radius 2 is 2.47 bits per heavy atom. The predicted octanol–water partition coefficient (Wildman–Crippen LogP) is 1.31. The van der Waals surface area contributed by atoms with Crippen LogP contribution in [0.15, 0.2) is 12.3 Å². The first kappa shape index (κ1) is 10.6. The van der Waals surface area contributed by atoms with Gasteiger partial charge in [-0.05, 0) is 31.4 Å². The Bertz CT molecular complexity index is 331. The van der Waals surface area contributed by atoms with Crippen molar-refractivity contribution in [2.45, 2.75) is 12.8 Å². The fourth-order valence-corrected chi connectivity index (χ4v) is 2.05. The van der Waals surface area contributed by atoms with E-state index in [0.29, 0.717) is 11.1 Å². The van der Waals surface area contributed by atoms with Crippen molar-refractivity contribution in [2.75, 3.05) is 24.5 Å². The lowest BCUT2D eigenvalue weighted by molar-refractivity contribution is 0.419. The molecule has 2 rings (SSSR count). The highest BCUT2D eigenvalue weighted by Crippen LogP contribution is 2.20. The van der Waals surface area contributed by atoms with E-state index in [2.05, 4.69) is 14.9 Å². The normalized spacial score (nSPS) is 21.7. The molecule has 1 saturated heterocycles. The van der Waals surface area contributed by atoms with Gasteiger partial charge in [0.25, 0.3) is 0 Å². The molecule has 0 spiro atoms. The fourth-order valence-electron chi connectivity index (χ4n) is 1.92. The van der Waals surface area contributed by atoms with Crippen LogP contribution in [0, 0.1) is 5.92 Å². The quantitative estimate of drug-likeness (QED) is 0.773. The molecule has 0 aromatic carbocycles. The number of nitrogens with zero attached hydrogens (tertiary/aromatic N) is 3. The SMILES string of the molecule is NC[C@@H]1CCCN(c2nccc(Cl)n2)C1. The van der Waals surface area contributed by atoms with E-state index in [9.17, 15) is 0 Å². The molecule has 1 atom stereocenters. The Labute approximate surface area is 94.5 Å². The van der Waals surface area contributed by atoms with E-state index in [1.54, 1.807) is 12.3 Å². The van der Waals surface area contributed by atoms with E-state index in [1.807, 2.05) is 0 Å². The smallest absolute Gasteiger partial charge is 0.226 e. The zero-order valence-corrected chi connectivity index (χ0v) is 9.32. The topological polar surface area (TPSA) is 55.0 Å². The second-order valence-electron chi connectivity index (χ2n) is 3.87. The van der Waals surface area contributed by atoms with Crippen molar-refractivity contribution in [3.8, 4) is 0 Å². The van der Waals surface area contributed by atoms with Gasteiger partial charge in [0.05, 0.1) is 0 Å². The molecule has 2 N–H and O–H groups in total. The molecule has 15 heavy (non-hydrogen) atoms. The minimum Gasteiger partial charge on any atom is -0.340 e. The van der Waals surface area contributed by atoms with E-state index in [0.717, 1.165) is 32.0 Å². The molecule has 0 aliphatic carbocycles. The van der Waals surface area contributed by atoms with Crippen LogP contribution < -0.4 is 10.6 Å². The van der Waals surface area contributed by atoms with Gasteiger partial charge in [-0.25, -0.2) is 9.97 Å². The molecule has 0 radical (unpaired) electrons. The van der Waals surface area contributed by atoms with Crippen LogP contribution in [-0.2, 0) is 0 Å². The zero-order valence-electron chi connectivity index (χ0n) is 8.56. The van der Waals surface area contributed by atoms with Gasteiger partial charge in [0.1, 0.15) is 5.15 Å². The summed E-state index contributed by atoms with van der Waals surface area (Å²) in [6.45, 7) is 2.67. The number of halogens is 1. The van der Waals surface area contributed by atoms with Gasteiger partial charge in [-0.1, -0.05) is 11.6 Å². The summed E-state index contributed by atoms with van der Waals surface area (Å²) in [5.74, 6) is 1.28. The first-order chi connectivity index (χ1) is 7.29. The summed E-state index contributed by atoms with van der Waals surface area (Å²) in [4.78, 5) is 10.6. The second kappa shape index (κ2) is 4.77. The molecule has 0 unspecified atom stereocenters. The van der Waals surface area contributed by atoms with Crippen molar-refractivity contribution in [1.29, 1.82) is 0 Å². The lowest BCUT2D eigenvalue weighted by Crippen LogP contribution is -2.39.